The van der Waals surface area contributed by atoms with Gasteiger partial charge in [-0.2, -0.15) is 0 Å². The summed E-state index contributed by atoms with van der Waals surface area (Å²) in [7, 11) is 1.88. The molecule has 0 radical (unpaired) electrons. The average molecular weight is 114 g/mol. The van der Waals surface area contributed by atoms with Crippen molar-refractivity contribution < 1.29 is 0 Å². The van der Waals surface area contributed by atoms with Crippen LogP contribution >= 0.6 is 0 Å². The quantitative estimate of drug-likeness (QED) is 0.569. The monoisotopic (exact) mass is 114 g/mol. The van der Waals surface area contributed by atoms with Gasteiger partial charge in [0.15, 0.2) is 0 Å². The molecule has 0 atom stereocenters. The standard InChI is InChI=1S/C6H14N2/c1-3-4-6(5-7)8-2/h5,8H,3-4,7H2,1-2H3/b6-5-. The van der Waals surface area contributed by atoms with Gasteiger partial charge in [-0.1, -0.05) is 13.3 Å². The summed E-state index contributed by atoms with van der Waals surface area (Å²) in [6.45, 7) is 2.13. The predicted octanol–water partition coefficient (Wildman–Crippen LogP) is 0.806. The second kappa shape index (κ2) is 4.50. The molecule has 0 amide bonds. The normalized spacial score (nSPS) is 11.5. The van der Waals surface area contributed by atoms with E-state index in [1.807, 2.05) is 7.05 Å². The van der Waals surface area contributed by atoms with Gasteiger partial charge in [0.2, 0.25) is 0 Å². The molecule has 8 heavy (non-hydrogen) atoms. The Morgan fingerprint density at radius 1 is 1.75 bits per heavy atom. The lowest BCUT2D eigenvalue weighted by Gasteiger charge is -2.00. The maximum Gasteiger partial charge on any atom is 0.0261 e. The molecular weight excluding hydrogens is 100 g/mol. The molecule has 0 aliphatic carbocycles. The molecule has 0 aromatic rings. The lowest BCUT2D eigenvalue weighted by Crippen LogP contribution is -2.07. The first kappa shape index (κ1) is 7.34. The third-order valence-electron chi connectivity index (χ3n) is 1.04. The van der Waals surface area contributed by atoms with Gasteiger partial charge in [0, 0.05) is 18.9 Å². The van der Waals surface area contributed by atoms with Gasteiger partial charge in [-0.25, -0.2) is 0 Å². The summed E-state index contributed by atoms with van der Waals surface area (Å²) in [5.41, 5.74) is 6.36. The second-order valence-corrected chi connectivity index (χ2v) is 1.69. The molecule has 0 aromatic heterocycles. The van der Waals surface area contributed by atoms with E-state index in [2.05, 4.69) is 12.2 Å². The first-order valence-corrected chi connectivity index (χ1v) is 2.93. The van der Waals surface area contributed by atoms with E-state index >= 15 is 0 Å². The van der Waals surface area contributed by atoms with Gasteiger partial charge >= 0.3 is 0 Å². The minimum atomic E-state index is 1.05. The lowest BCUT2D eigenvalue weighted by atomic mass is 10.3. The van der Waals surface area contributed by atoms with E-state index in [1.54, 1.807) is 6.20 Å². The molecule has 0 rings (SSSR count). The van der Waals surface area contributed by atoms with Crippen LogP contribution in [0.1, 0.15) is 19.8 Å². The SMILES string of the molecule is CCC/C(=C/N)NC. The highest BCUT2D eigenvalue weighted by atomic mass is 14.8. The Labute approximate surface area is 50.8 Å². The molecule has 2 nitrogen and oxygen atoms in total. The van der Waals surface area contributed by atoms with Crippen molar-refractivity contribution >= 4 is 0 Å². The van der Waals surface area contributed by atoms with E-state index in [-0.39, 0.29) is 0 Å². The van der Waals surface area contributed by atoms with Crippen molar-refractivity contribution in [3.8, 4) is 0 Å². The highest BCUT2D eigenvalue weighted by Crippen LogP contribution is 1.95. The van der Waals surface area contributed by atoms with Gasteiger partial charge in [-0.05, 0) is 6.42 Å². The second-order valence-electron chi connectivity index (χ2n) is 1.69. The Kier molecular flexibility index (Phi) is 4.13. The van der Waals surface area contributed by atoms with Crippen molar-refractivity contribution in [3.05, 3.63) is 11.9 Å². The van der Waals surface area contributed by atoms with E-state index in [1.165, 1.54) is 0 Å². The molecule has 0 bridgehead atoms. The summed E-state index contributed by atoms with van der Waals surface area (Å²) in [6, 6.07) is 0. The van der Waals surface area contributed by atoms with Gasteiger partial charge in [0.1, 0.15) is 0 Å². The van der Waals surface area contributed by atoms with Gasteiger partial charge < -0.3 is 11.1 Å². The highest BCUT2D eigenvalue weighted by Gasteiger charge is 1.85. The number of allylic oxidation sites excluding steroid dienone is 1. The van der Waals surface area contributed by atoms with Crippen molar-refractivity contribution in [2.75, 3.05) is 7.05 Å². The lowest BCUT2D eigenvalue weighted by molar-refractivity contribution is 0.811. The van der Waals surface area contributed by atoms with E-state index in [0.29, 0.717) is 0 Å². The summed E-state index contributed by atoms with van der Waals surface area (Å²) in [4.78, 5) is 0. The number of nitrogens with one attached hydrogen (secondary N) is 1. The molecular formula is C6H14N2. The zero-order valence-corrected chi connectivity index (χ0v) is 5.57. The third-order valence-corrected chi connectivity index (χ3v) is 1.04. The molecule has 0 heterocycles. The Morgan fingerprint density at radius 2 is 2.38 bits per heavy atom. The van der Waals surface area contributed by atoms with Crippen LogP contribution < -0.4 is 11.1 Å². The van der Waals surface area contributed by atoms with Crippen molar-refractivity contribution in [1.29, 1.82) is 0 Å². The molecule has 0 unspecified atom stereocenters. The maximum absolute atomic E-state index is 5.24. The zero-order chi connectivity index (χ0) is 6.41. The predicted molar refractivity (Wildman–Crippen MR) is 36.2 cm³/mol. The number of hydrogen-bond donors (Lipinski definition) is 2. The van der Waals surface area contributed by atoms with Crippen molar-refractivity contribution in [2.24, 2.45) is 5.73 Å². The van der Waals surface area contributed by atoms with E-state index in [9.17, 15) is 0 Å². The Bertz CT molecular complexity index is 76.6. The number of hydrogen-bond acceptors (Lipinski definition) is 2. The highest BCUT2D eigenvalue weighted by molar-refractivity contribution is 4.94. The van der Waals surface area contributed by atoms with Crippen molar-refractivity contribution in [3.63, 3.8) is 0 Å². The van der Waals surface area contributed by atoms with Gasteiger partial charge in [0.25, 0.3) is 0 Å². The van der Waals surface area contributed by atoms with Gasteiger partial charge in [-0.15, -0.1) is 0 Å². The molecule has 0 saturated carbocycles. The molecule has 0 aromatic carbocycles. The van der Waals surface area contributed by atoms with Crippen LogP contribution in [0.25, 0.3) is 0 Å². The Balaban J connectivity index is 3.38. The summed E-state index contributed by atoms with van der Waals surface area (Å²) >= 11 is 0. The van der Waals surface area contributed by atoms with E-state index < -0.39 is 0 Å². The molecule has 0 fully saturated rings. The molecule has 2 heteroatoms. The fourth-order valence-electron chi connectivity index (χ4n) is 0.561. The fraction of sp³-hybridized carbons (Fsp3) is 0.667. The van der Waals surface area contributed by atoms with Crippen LogP contribution in [0.2, 0.25) is 0 Å². The first-order chi connectivity index (χ1) is 3.85. The maximum atomic E-state index is 5.24. The topological polar surface area (TPSA) is 38.0 Å². The summed E-state index contributed by atoms with van der Waals surface area (Å²) < 4.78 is 0. The molecule has 0 aliphatic heterocycles. The minimum absolute atomic E-state index is 1.05. The van der Waals surface area contributed by atoms with Crippen molar-refractivity contribution in [2.45, 2.75) is 19.8 Å². The number of nitrogens with two attached hydrogens (primary N) is 1. The summed E-state index contributed by atoms with van der Waals surface area (Å²) in [5, 5.41) is 2.99. The van der Waals surface area contributed by atoms with Crippen LogP contribution in [0, 0.1) is 0 Å². The zero-order valence-electron chi connectivity index (χ0n) is 5.57. The van der Waals surface area contributed by atoms with Gasteiger partial charge in [-0.3, -0.25) is 0 Å². The largest absolute Gasteiger partial charge is 0.403 e. The average Bonchev–Trinajstić information content (AvgIpc) is 1.83. The van der Waals surface area contributed by atoms with Crippen molar-refractivity contribution in [1.82, 2.24) is 5.32 Å². The van der Waals surface area contributed by atoms with Crippen LogP contribution in [-0.4, -0.2) is 7.05 Å². The molecule has 0 saturated heterocycles. The Morgan fingerprint density at radius 3 is 2.50 bits per heavy atom. The number of rotatable bonds is 3. The van der Waals surface area contributed by atoms with Crippen LogP contribution in [0.15, 0.2) is 11.9 Å². The van der Waals surface area contributed by atoms with E-state index in [0.717, 1.165) is 18.5 Å². The molecule has 48 valence electrons. The van der Waals surface area contributed by atoms with Crippen LogP contribution in [0.3, 0.4) is 0 Å². The summed E-state index contributed by atoms with van der Waals surface area (Å²) in [5.74, 6) is 0. The third kappa shape index (κ3) is 2.50. The fourth-order valence-corrected chi connectivity index (χ4v) is 0.561. The molecule has 3 N–H and O–H groups in total. The smallest absolute Gasteiger partial charge is 0.0261 e. The molecule has 0 spiro atoms. The minimum Gasteiger partial charge on any atom is -0.403 e. The van der Waals surface area contributed by atoms with E-state index in [4.69, 9.17) is 5.73 Å². The summed E-state index contributed by atoms with van der Waals surface area (Å²) in [6.07, 6.45) is 3.81. The van der Waals surface area contributed by atoms with Gasteiger partial charge in [0.05, 0.1) is 0 Å². The Hall–Kier alpha value is -0.660. The van der Waals surface area contributed by atoms with Crippen LogP contribution in [0.5, 0.6) is 0 Å². The molecule has 0 aliphatic rings. The van der Waals surface area contributed by atoms with Crippen LogP contribution in [0.4, 0.5) is 0 Å². The van der Waals surface area contributed by atoms with Crippen LogP contribution in [-0.2, 0) is 0 Å². The first-order valence-electron chi connectivity index (χ1n) is 2.93.